The van der Waals surface area contributed by atoms with Crippen molar-refractivity contribution in [3.8, 4) is 5.75 Å². The van der Waals surface area contributed by atoms with E-state index in [0.29, 0.717) is 6.42 Å². The highest BCUT2D eigenvalue weighted by molar-refractivity contribution is 7.92. The molecule has 1 N–H and O–H groups in total. The summed E-state index contributed by atoms with van der Waals surface area (Å²) >= 11 is 0. The summed E-state index contributed by atoms with van der Waals surface area (Å²) in [6, 6.07) is 10.2. The van der Waals surface area contributed by atoms with Crippen molar-refractivity contribution in [2.24, 2.45) is 0 Å². The molecule has 0 aromatic heterocycles. The molecule has 1 fully saturated rings. The summed E-state index contributed by atoms with van der Waals surface area (Å²) in [5.41, 5.74) is 1.32. The lowest BCUT2D eigenvalue weighted by molar-refractivity contribution is -0.384. The van der Waals surface area contributed by atoms with Gasteiger partial charge in [-0.3, -0.25) is 24.0 Å². The molecule has 0 bridgehead atoms. The number of rotatable bonds is 12. The number of nitro benzene ring substituents is 1. The number of hydrogen-bond donors (Lipinski definition) is 1. The minimum atomic E-state index is -4.09. The molecule has 1 aliphatic carbocycles. The highest BCUT2D eigenvalue weighted by atomic mass is 32.2. The lowest BCUT2D eigenvalue weighted by Gasteiger charge is -2.33. The number of amides is 2. The Morgan fingerprint density at radius 1 is 1.15 bits per heavy atom. The summed E-state index contributed by atoms with van der Waals surface area (Å²) in [6.07, 6.45) is 5.04. The molecule has 2 amide bonds. The van der Waals surface area contributed by atoms with Crippen molar-refractivity contribution >= 4 is 33.2 Å². The van der Waals surface area contributed by atoms with Gasteiger partial charge in [0.05, 0.1) is 18.3 Å². The van der Waals surface area contributed by atoms with Gasteiger partial charge in [0.25, 0.3) is 5.69 Å². The first-order valence-corrected chi connectivity index (χ1v) is 14.7. The number of aryl methyl sites for hydroxylation is 1. The fourth-order valence-corrected chi connectivity index (χ4v) is 5.60. The molecule has 12 heteroatoms. The average molecular weight is 561 g/mol. The standard InChI is InChI=1S/C27H36N4O7S/c1-5-23(27(33)28-21-8-6-7-9-21)29(17-20-12-10-19(2)11-13-20)26(32)18-30(39(4,36)37)24-16-22(31(34)35)14-15-25(24)38-3/h10-16,21,23H,5-9,17-18H2,1-4H3,(H,28,33). The van der Waals surface area contributed by atoms with E-state index in [2.05, 4.69) is 5.32 Å². The number of benzene rings is 2. The Kier molecular flexibility index (Phi) is 9.90. The highest BCUT2D eigenvalue weighted by Crippen LogP contribution is 2.34. The van der Waals surface area contributed by atoms with E-state index >= 15 is 0 Å². The zero-order valence-electron chi connectivity index (χ0n) is 22.8. The van der Waals surface area contributed by atoms with Crippen LogP contribution in [0.1, 0.15) is 50.2 Å². The molecule has 3 rings (SSSR count). The molecule has 1 atom stereocenters. The Morgan fingerprint density at radius 3 is 2.33 bits per heavy atom. The van der Waals surface area contributed by atoms with Crippen LogP contribution in [0.3, 0.4) is 0 Å². The van der Waals surface area contributed by atoms with Crippen molar-refractivity contribution in [3.05, 3.63) is 63.7 Å². The number of carbonyl (C=O) groups is 2. The van der Waals surface area contributed by atoms with E-state index in [0.717, 1.165) is 53.4 Å². The molecule has 0 heterocycles. The van der Waals surface area contributed by atoms with Crippen LogP contribution >= 0.6 is 0 Å². The van der Waals surface area contributed by atoms with Crippen LogP contribution in [0, 0.1) is 17.0 Å². The van der Waals surface area contributed by atoms with Crippen molar-refractivity contribution in [1.29, 1.82) is 0 Å². The molecule has 1 saturated carbocycles. The molecule has 0 saturated heterocycles. The van der Waals surface area contributed by atoms with E-state index in [1.807, 2.05) is 31.2 Å². The van der Waals surface area contributed by atoms with Crippen molar-refractivity contribution in [1.82, 2.24) is 10.2 Å². The molecule has 11 nitrogen and oxygen atoms in total. The zero-order chi connectivity index (χ0) is 28.7. The first kappa shape index (κ1) is 29.9. The van der Waals surface area contributed by atoms with Crippen LogP contribution in [0.5, 0.6) is 5.75 Å². The predicted molar refractivity (Wildman–Crippen MR) is 148 cm³/mol. The Morgan fingerprint density at radius 2 is 1.79 bits per heavy atom. The first-order chi connectivity index (χ1) is 18.4. The van der Waals surface area contributed by atoms with Gasteiger partial charge in [0.15, 0.2) is 0 Å². The monoisotopic (exact) mass is 560 g/mol. The third kappa shape index (κ3) is 7.69. The maximum absolute atomic E-state index is 13.9. The topological polar surface area (TPSA) is 139 Å². The van der Waals surface area contributed by atoms with Crippen molar-refractivity contribution in [2.75, 3.05) is 24.2 Å². The van der Waals surface area contributed by atoms with Gasteiger partial charge in [-0.05, 0) is 37.8 Å². The van der Waals surface area contributed by atoms with Gasteiger partial charge in [-0.25, -0.2) is 8.42 Å². The summed E-state index contributed by atoms with van der Waals surface area (Å²) in [6.45, 7) is 3.15. The lowest BCUT2D eigenvalue weighted by atomic mass is 10.1. The van der Waals surface area contributed by atoms with E-state index in [-0.39, 0.29) is 35.6 Å². The summed E-state index contributed by atoms with van der Waals surface area (Å²) in [4.78, 5) is 39.4. The predicted octanol–water partition coefficient (Wildman–Crippen LogP) is 3.54. The van der Waals surface area contributed by atoms with Crippen LogP contribution in [0.15, 0.2) is 42.5 Å². The van der Waals surface area contributed by atoms with Gasteiger partial charge in [0.2, 0.25) is 21.8 Å². The smallest absolute Gasteiger partial charge is 0.271 e. The van der Waals surface area contributed by atoms with E-state index in [9.17, 15) is 28.1 Å². The molecular formula is C27H36N4O7S. The molecule has 212 valence electrons. The van der Waals surface area contributed by atoms with Gasteiger partial charge in [-0.15, -0.1) is 0 Å². The van der Waals surface area contributed by atoms with Gasteiger partial charge < -0.3 is 15.0 Å². The number of methoxy groups -OCH3 is 1. The largest absolute Gasteiger partial charge is 0.495 e. The van der Waals surface area contributed by atoms with E-state index in [1.165, 1.54) is 24.1 Å². The molecule has 1 aliphatic rings. The Labute approximate surface area is 229 Å². The number of non-ortho nitro benzene ring substituents is 1. The number of hydrogen-bond acceptors (Lipinski definition) is 7. The molecule has 0 aliphatic heterocycles. The normalized spacial score (nSPS) is 14.5. The third-order valence-electron chi connectivity index (χ3n) is 6.88. The molecule has 2 aromatic rings. The van der Waals surface area contributed by atoms with Crippen LogP contribution in [-0.2, 0) is 26.2 Å². The quantitative estimate of drug-likeness (QED) is 0.309. The number of carbonyl (C=O) groups excluding carboxylic acids is 2. The number of anilines is 1. The van der Waals surface area contributed by atoms with Crippen LogP contribution < -0.4 is 14.4 Å². The highest BCUT2D eigenvalue weighted by Gasteiger charge is 2.34. The van der Waals surface area contributed by atoms with Crippen LogP contribution in [0.2, 0.25) is 0 Å². The van der Waals surface area contributed by atoms with Crippen molar-refractivity contribution in [2.45, 2.75) is 64.6 Å². The average Bonchev–Trinajstić information content (AvgIpc) is 3.40. The van der Waals surface area contributed by atoms with Crippen LogP contribution in [-0.4, -0.2) is 62.0 Å². The van der Waals surface area contributed by atoms with Crippen molar-refractivity contribution in [3.63, 3.8) is 0 Å². The summed E-state index contributed by atoms with van der Waals surface area (Å²) in [7, 11) is -2.79. The fourth-order valence-electron chi connectivity index (χ4n) is 4.76. The van der Waals surface area contributed by atoms with E-state index in [4.69, 9.17) is 4.74 Å². The number of sulfonamides is 1. The van der Waals surface area contributed by atoms with Gasteiger partial charge in [0.1, 0.15) is 24.0 Å². The van der Waals surface area contributed by atoms with Crippen molar-refractivity contribution < 1.29 is 27.7 Å². The number of ether oxygens (including phenoxy) is 1. The molecule has 1 unspecified atom stereocenters. The third-order valence-corrected chi connectivity index (χ3v) is 8.01. The number of nitro groups is 1. The second-order valence-corrected chi connectivity index (χ2v) is 11.7. The summed E-state index contributed by atoms with van der Waals surface area (Å²) in [5, 5.41) is 14.5. The minimum absolute atomic E-state index is 0.0459. The van der Waals surface area contributed by atoms with Crippen LogP contribution in [0.4, 0.5) is 11.4 Å². The van der Waals surface area contributed by atoms with Gasteiger partial charge in [-0.2, -0.15) is 0 Å². The van der Waals surface area contributed by atoms with E-state index in [1.54, 1.807) is 6.92 Å². The summed E-state index contributed by atoms with van der Waals surface area (Å²) < 4.78 is 31.8. The second kappa shape index (κ2) is 12.9. The Bertz CT molecular complexity index is 1290. The minimum Gasteiger partial charge on any atom is -0.495 e. The number of nitrogens with one attached hydrogen (secondary N) is 1. The Hall–Kier alpha value is -3.67. The Balaban J connectivity index is 2.00. The SMILES string of the molecule is CCC(C(=O)NC1CCCC1)N(Cc1ccc(C)cc1)C(=O)CN(c1cc([N+](=O)[O-])ccc1OC)S(C)(=O)=O. The second-order valence-electron chi connectivity index (χ2n) is 9.80. The molecule has 0 spiro atoms. The van der Waals surface area contributed by atoms with Gasteiger partial charge in [-0.1, -0.05) is 49.6 Å². The zero-order valence-corrected chi connectivity index (χ0v) is 23.6. The molecule has 0 radical (unpaired) electrons. The fraction of sp³-hybridized carbons (Fsp3) is 0.481. The lowest BCUT2D eigenvalue weighted by Crippen LogP contribution is -2.53. The van der Waals surface area contributed by atoms with Crippen LogP contribution in [0.25, 0.3) is 0 Å². The first-order valence-electron chi connectivity index (χ1n) is 12.9. The summed E-state index contributed by atoms with van der Waals surface area (Å²) in [5.74, 6) is -0.860. The maximum atomic E-state index is 13.9. The molecule has 2 aromatic carbocycles. The van der Waals surface area contributed by atoms with Gasteiger partial charge in [0, 0.05) is 24.7 Å². The maximum Gasteiger partial charge on any atom is 0.271 e. The molecular weight excluding hydrogens is 524 g/mol. The number of nitrogens with zero attached hydrogens (tertiary/aromatic N) is 3. The van der Waals surface area contributed by atoms with Gasteiger partial charge >= 0.3 is 0 Å². The molecule has 39 heavy (non-hydrogen) atoms. The van der Waals surface area contributed by atoms with E-state index < -0.39 is 33.4 Å².